The Kier molecular flexibility index (Phi) is 5.18. The first kappa shape index (κ1) is 16.7. The van der Waals surface area contributed by atoms with Crippen LogP contribution < -0.4 is 0 Å². The quantitative estimate of drug-likeness (QED) is 0.514. The van der Waals surface area contributed by atoms with Crippen molar-refractivity contribution in [2.24, 2.45) is 23.2 Å². The minimum absolute atomic E-state index is 0.0784. The SMILES string of the molecule is [2H]C([2H])([2H])C(O)([C@H](O)CC[C@@H](C)[C@H]1CC[C@H]2/C(=C\C=C3/C[C@@H](O)CCC3=C)CCC[C@]12C)C([2H])([2H])[2H]. The molecule has 0 aromatic heterocycles. The molecule has 3 heteroatoms. The third-order valence-electron chi connectivity index (χ3n) is 8.29. The second-order valence-electron chi connectivity index (χ2n) is 10.4. The van der Waals surface area contributed by atoms with Gasteiger partial charge in [0.1, 0.15) is 0 Å². The molecule has 3 saturated carbocycles. The van der Waals surface area contributed by atoms with E-state index in [1.807, 2.05) is 0 Å². The molecule has 0 aliphatic heterocycles. The Balaban J connectivity index is 1.71. The first-order valence-corrected chi connectivity index (χ1v) is 11.7. The van der Waals surface area contributed by atoms with Crippen LogP contribution in [0.15, 0.2) is 35.5 Å². The van der Waals surface area contributed by atoms with E-state index in [1.54, 1.807) is 0 Å². The Morgan fingerprint density at radius 3 is 2.73 bits per heavy atom. The van der Waals surface area contributed by atoms with Crippen molar-refractivity contribution in [3.8, 4) is 0 Å². The lowest BCUT2D eigenvalue weighted by molar-refractivity contribution is -0.0554. The molecule has 6 atom stereocenters. The van der Waals surface area contributed by atoms with E-state index < -0.39 is 25.4 Å². The topological polar surface area (TPSA) is 60.7 Å². The molecule has 3 aliphatic carbocycles. The molecule has 0 saturated heterocycles. The van der Waals surface area contributed by atoms with Crippen molar-refractivity contribution in [2.75, 3.05) is 0 Å². The van der Waals surface area contributed by atoms with E-state index in [0.29, 0.717) is 24.7 Å². The third kappa shape index (κ3) is 5.11. The molecule has 30 heavy (non-hydrogen) atoms. The lowest BCUT2D eigenvalue weighted by atomic mass is 9.60. The Morgan fingerprint density at radius 1 is 1.23 bits per heavy atom. The molecular formula is C27H44O3. The van der Waals surface area contributed by atoms with Crippen molar-refractivity contribution in [2.45, 2.75) is 110 Å². The van der Waals surface area contributed by atoms with Gasteiger partial charge < -0.3 is 15.3 Å². The number of hydrogen-bond donors (Lipinski definition) is 3. The Labute approximate surface area is 192 Å². The molecular weight excluding hydrogens is 372 g/mol. The Bertz CT molecular complexity index is 860. The van der Waals surface area contributed by atoms with Crippen LogP contribution in [0.1, 0.15) is 100.0 Å². The van der Waals surface area contributed by atoms with Gasteiger partial charge in [0.15, 0.2) is 0 Å². The lowest BCUT2D eigenvalue weighted by Gasteiger charge is -2.44. The van der Waals surface area contributed by atoms with Crippen molar-refractivity contribution in [3.63, 3.8) is 0 Å². The van der Waals surface area contributed by atoms with Crippen LogP contribution in [0.5, 0.6) is 0 Å². The van der Waals surface area contributed by atoms with E-state index in [4.69, 9.17) is 8.22 Å². The average Bonchev–Trinajstić information content (AvgIpc) is 3.13. The Morgan fingerprint density at radius 2 is 2.00 bits per heavy atom. The molecule has 170 valence electrons. The zero-order valence-corrected chi connectivity index (χ0v) is 18.7. The fraction of sp³-hybridized carbons (Fsp3) is 0.778. The summed E-state index contributed by atoms with van der Waals surface area (Å²) in [7, 11) is 0. The molecule has 0 aromatic rings. The second-order valence-corrected chi connectivity index (χ2v) is 10.4. The van der Waals surface area contributed by atoms with Crippen LogP contribution in [0.25, 0.3) is 0 Å². The van der Waals surface area contributed by atoms with Crippen LogP contribution in [0.2, 0.25) is 0 Å². The zero-order valence-electron chi connectivity index (χ0n) is 24.7. The van der Waals surface area contributed by atoms with E-state index in [0.717, 1.165) is 56.1 Å². The van der Waals surface area contributed by atoms with E-state index >= 15 is 0 Å². The molecule has 0 amide bonds. The minimum atomic E-state index is -3.22. The molecule has 3 rings (SSSR count). The van der Waals surface area contributed by atoms with E-state index in [-0.39, 0.29) is 23.9 Å². The summed E-state index contributed by atoms with van der Waals surface area (Å²) in [4.78, 5) is 0. The first-order valence-electron chi connectivity index (χ1n) is 14.7. The van der Waals surface area contributed by atoms with Crippen LogP contribution in [-0.4, -0.2) is 33.1 Å². The fourth-order valence-electron chi connectivity index (χ4n) is 6.44. The van der Waals surface area contributed by atoms with Crippen LogP contribution >= 0.6 is 0 Å². The summed E-state index contributed by atoms with van der Waals surface area (Å²) in [5, 5.41) is 31.2. The minimum Gasteiger partial charge on any atom is -0.393 e. The zero-order chi connectivity index (χ0) is 27.1. The van der Waals surface area contributed by atoms with Gasteiger partial charge in [-0.05, 0) is 107 Å². The number of aliphatic hydroxyl groups is 3. The number of rotatable bonds is 6. The van der Waals surface area contributed by atoms with Crippen LogP contribution in [0.3, 0.4) is 0 Å². The summed E-state index contributed by atoms with van der Waals surface area (Å²) in [6.45, 7) is 2.17. The number of fused-ring (bicyclic) bond motifs is 1. The number of allylic oxidation sites excluding steroid dienone is 4. The highest BCUT2D eigenvalue weighted by atomic mass is 16.3. The maximum absolute atomic E-state index is 10.6. The maximum atomic E-state index is 10.6. The van der Waals surface area contributed by atoms with Gasteiger partial charge in [0.05, 0.1) is 17.8 Å². The average molecular weight is 423 g/mol. The number of hydrogen-bond acceptors (Lipinski definition) is 3. The summed E-state index contributed by atoms with van der Waals surface area (Å²) >= 11 is 0. The molecule has 0 spiro atoms. The van der Waals surface area contributed by atoms with Gasteiger partial charge in [-0.1, -0.05) is 43.7 Å². The highest BCUT2D eigenvalue weighted by Gasteiger charge is 2.50. The fourth-order valence-corrected chi connectivity index (χ4v) is 6.44. The monoisotopic (exact) mass is 422 g/mol. The molecule has 0 radical (unpaired) electrons. The number of aliphatic hydroxyl groups excluding tert-OH is 2. The smallest absolute Gasteiger partial charge is 0.0849 e. The van der Waals surface area contributed by atoms with Gasteiger partial charge in [-0.2, -0.15) is 0 Å². The normalized spacial score (nSPS) is 41.2. The molecule has 3 fully saturated rings. The lowest BCUT2D eigenvalue weighted by Crippen LogP contribution is -2.38. The molecule has 3 aliphatic rings. The first-order chi connectivity index (χ1) is 16.5. The molecule has 0 aromatic carbocycles. The van der Waals surface area contributed by atoms with Gasteiger partial charge in [-0.25, -0.2) is 0 Å². The standard InChI is InChI=1S/C27H44O3/c1-18-8-12-22(28)17-21(18)11-10-20-7-6-16-27(5)23(13-14-24(20)27)19(2)9-15-25(29)26(3,4)30/h10-11,19,22-25,28-30H,1,6-9,12-17H2,2-5H3/b20-10-,21-11+/t19-,22+,23-,24+,25-,27-/m1/s1/i3D3,4D3. The predicted octanol–water partition coefficient (Wildman–Crippen LogP) is 5.70. The van der Waals surface area contributed by atoms with Gasteiger partial charge >= 0.3 is 0 Å². The molecule has 0 unspecified atom stereocenters. The molecule has 0 heterocycles. The summed E-state index contributed by atoms with van der Waals surface area (Å²) < 4.78 is 45.4. The van der Waals surface area contributed by atoms with Crippen molar-refractivity contribution in [1.82, 2.24) is 0 Å². The predicted molar refractivity (Wildman–Crippen MR) is 124 cm³/mol. The van der Waals surface area contributed by atoms with Gasteiger partial charge in [-0.3, -0.25) is 0 Å². The van der Waals surface area contributed by atoms with Crippen LogP contribution in [0.4, 0.5) is 0 Å². The van der Waals surface area contributed by atoms with E-state index in [2.05, 4.69) is 32.6 Å². The summed E-state index contributed by atoms with van der Waals surface area (Å²) in [5.74, 6) is 0.966. The highest BCUT2D eigenvalue weighted by Crippen LogP contribution is 2.60. The summed E-state index contributed by atoms with van der Waals surface area (Å²) in [6.07, 6.45) is 10.2. The van der Waals surface area contributed by atoms with Crippen molar-refractivity contribution in [1.29, 1.82) is 0 Å². The molecule has 0 bridgehead atoms. The van der Waals surface area contributed by atoms with Crippen molar-refractivity contribution in [3.05, 3.63) is 35.5 Å². The van der Waals surface area contributed by atoms with Gasteiger partial charge in [0.2, 0.25) is 0 Å². The van der Waals surface area contributed by atoms with Gasteiger partial charge in [-0.15, -0.1) is 0 Å². The summed E-state index contributed by atoms with van der Waals surface area (Å²) in [5.41, 5.74) is 0.633. The maximum Gasteiger partial charge on any atom is 0.0849 e. The van der Waals surface area contributed by atoms with E-state index in [9.17, 15) is 15.3 Å². The largest absolute Gasteiger partial charge is 0.393 e. The second kappa shape index (κ2) is 9.30. The van der Waals surface area contributed by atoms with Crippen molar-refractivity contribution >= 4 is 0 Å². The van der Waals surface area contributed by atoms with E-state index in [1.165, 1.54) is 5.57 Å². The van der Waals surface area contributed by atoms with Crippen LogP contribution in [0, 0.1) is 23.2 Å². The van der Waals surface area contributed by atoms with Crippen LogP contribution in [-0.2, 0) is 0 Å². The van der Waals surface area contributed by atoms with Gasteiger partial charge in [0, 0.05) is 8.22 Å². The van der Waals surface area contributed by atoms with Crippen molar-refractivity contribution < 1.29 is 23.5 Å². The molecule has 3 N–H and O–H groups in total. The highest BCUT2D eigenvalue weighted by molar-refractivity contribution is 5.36. The van der Waals surface area contributed by atoms with Gasteiger partial charge in [0.25, 0.3) is 0 Å². The third-order valence-corrected chi connectivity index (χ3v) is 8.29. The summed E-state index contributed by atoms with van der Waals surface area (Å²) in [6, 6.07) is 0. The Hall–Kier alpha value is -0.900. The molecule has 3 nitrogen and oxygen atoms in total.